The van der Waals surface area contributed by atoms with Crippen molar-refractivity contribution in [1.82, 2.24) is 9.80 Å². The molecule has 132 valence electrons. The summed E-state index contributed by atoms with van der Waals surface area (Å²) < 4.78 is 0. The fraction of sp³-hybridized carbons (Fsp3) is 0.350. The molecule has 2 aromatic carbocycles. The Labute approximate surface area is 160 Å². The molecule has 3 nitrogen and oxygen atoms in total. The zero-order valence-electron chi connectivity index (χ0n) is 14.8. The summed E-state index contributed by atoms with van der Waals surface area (Å²) in [5, 5.41) is 4.84. The highest BCUT2D eigenvalue weighted by Gasteiger charge is 2.19. The molecule has 1 fully saturated rings. The van der Waals surface area contributed by atoms with Gasteiger partial charge in [0.1, 0.15) is 0 Å². The first-order valence-electron chi connectivity index (χ1n) is 8.61. The lowest BCUT2D eigenvalue weighted by molar-refractivity contribution is 0.177. The molecule has 0 aromatic heterocycles. The summed E-state index contributed by atoms with van der Waals surface area (Å²) in [6.07, 6.45) is 0. The molecule has 1 aliphatic rings. The number of nitrogens with zero attached hydrogens (tertiary/aromatic N) is 2. The van der Waals surface area contributed by atoms with Gasteiger partial charge in [-0.05, 0) is 49.3 Å². The normalized spacial score (nSPS) is 15.2. The molecule has 1 heterocycles. The van der Waals surface area contributed by atoms with Crippen molar-refractivity contribution < 1.29 is 0 Å². The number of anilines is 1. The van der Waals surface area contributed by atoms with Crippen molar-refractivity contribution in [3.8, 4) is 0 Å². The molecule has 1 saturated heterocycles. The van der Waals surface area contributed by atoms with Gasteiger partial charge in [0.05, 0.1) is 0 Å². The van der Waals surface area contributed by atoms with E-state index in [0.29, 0.717) is 0 Å². The van der Waals surface area contributed by atoms with Crippen LogP contribution in [0.25, 0.3) is 0 Å². The Kier molecular flexibility index (Phi) is 5.94. The number of thiocarbonyl (C=S) groups is 1. The molecule has 3 rings (SSSR count). The molecule has 0 bridgehead atoms. The van der Waals surface area contributed by atoms with Crippen LogP contribution in [0.5, 0.6) is 0 Å². The third-order valence-electron chi connectivity index (χ3n) is 4.61. The lowest BCUT2D eigenvalue weighted by Crippen LogP contribution is -2.49. The van der Waals surface area contributed by atoms with E-state index in [2.05, 4.69) is 46.3 Å². The Balaban J connectivity index is 1.50. The highest BCUT2D eigenvalue weighted by atomic mass is 35.5. The zero-order chi connectivity index (χ0) is 17.8. The predicted octanol–water partition coefficient (Wildman–Crippen LogP) is 4.47. The lowest BCUT2D eigenvalue weighted by Gasteiger charge is -2.36. The van der Waals surface area contributed by atoms with Crippen molar-refractivity contribution in [2.24, 2.45) is 0 Å². The van der Waals surface area contributed by atoms with Crippen LogP contribution in [0.3, 0.4) is 0 Å². The maximum absolute atomic E-state index is 6.19. The van der Waals surface area contributed by atoms with Crippen LogP contribution in [0.4, 0.5) is 5.69 Å². The van der Waals surface area contributed by atoms with Crippen LogP contribution in [-0.2, 0) is 6.54 Å². The molecule has 0 radical (unpaired) electrons. The lowest BCUT2D eigenvalue weighted by atomic mass is 10.1. The second-order valence-electron chi connectivity index (χ2n) is 6.64. The number of hydrogen-bond donors (Lipinski definition) is 1. The number of aryl methyl sites for hydroxylation is 2. The maximum atomic E-state index is 6.19. The molecule has 0 saturated carbocycles. The van der Waals surface area contributed by atoms with E-state index in [1.807, 2.05) is 25.1 Å². The predicted molar refractivity (Wildman–Crippen MR) is 110 cm³/mol. The summed E-state index contributed by atoms with van der Waals surface area (Å²) in [5.41, 5.74) is 4.70. The van der Waals surface area contributed by atoms with E-state index in [4.69, 9.17) is 23.8 Å². The summed E-state index contributed by atoms with van der Waals surface area (Å²) in [6, 6.07) is 14.7. The van der Waals surface area contributed by atoms with Crippen LogP contribution in [0.15, 0.2) is 42.5 Å². The third kappa shape index (κ3) is 4.94. The molecular formula is C20H24ClN3S. The summed E-state index contributed by atoms with van der Waals surface area (Å²) in [4.78, 5) is 4.71. The van der Waals surface area contributed by atoms with Gasteiger partial charge >= 0.3 is 0 Å². The standard InChI is InChI=1S/C20H24ClN3S/c1-15-3-6-17(7-4-15)14-23-9-11-24(12-10-23)20(25)22-18-8-5-16(2)19(21)13-18/h3-8,13H,9-12,14H2,1-2H3,(H,22,25). The molecular weight excluding hydrogens is 350 g/mol. The van der Waals surface area contributed by atoms with Gasteiger partial charge in [-0.2, -0.15) is 0 Å². The van der Waals surface area contributed by atoms with E-state index in [1.165, 1.54) is 11.1 Å². The second-order valence-corrected chi connectivity index (χ2v) is 7.44. The first kappa shape index (κ1) is 18.2. The van der Waals surface area contributed by atoms with Gasteiger partial charge in [-0.15, -0.1) is 0 Å². The van der Waals surface area contributed by atoms with E-state index in [0.717, 1.165) is 54.1 Å². The molecule has 5 heteroatoms. The van der Waals surface area contributed by atoms with Crippen molar-refractivity contribution in [2.75, 3.05) is 31.5 Å². The molecule has 0 spiro atoms. The SMILES string of the molecule is Cc1ccc(CN2CCN(C(=S)Nc3ccc(C)c(Cl)c3)CC2)cc1. The number of piperazine rings is 1. The van der Waals surface area contributed by atoms with Crippen LogP contribution in [-0.4, -0.2) is 41.1 Å². The van der Waals surface area contributed by atoms with Crippen LogP contribution < -0.4 is 5.32 Å². The second kappa shape index (κ2) is 8.17. The van der Waals surface area contributed by atoms with Crippen LogP contribution in [0.1, 0.15) is 16.7 Å². The Morgan fingerprint density at radius 1 is 1.04 bits per heavy atom. The summed E-state index contributed by atoms with van der Waals surface area (Å²) in [5.74, 6) is 0. The number of rotatable bonds is 3. The minimum atomic E-state index is 0.760. The van der Waals surface area contributed by atoms with Gasteiger partial charge in [0.25, 0.3) is 0 Å². The molecule has 0 aliphatic carbocycles. The minimum absolute atomic E-state index is 0.760. The molecule has 1 N–H and O–H groups in total. The summed E-state index contributed by atoms with van der Waals surface area (Å²) in [6.45, 7) is 9.04. The van der Waals surface area contributed by atoms with Crippen molar-refractivity contribution in [3.63, 3.8) is 0 Å². The molecule has 2 aromatic rings. The largest absolute Gasteiger partial charge is 0.346 e. The van der Waals surface area contributed by atoms with Gasteiger partial charge in [0.2, 0.25) is 0 Å². The van der Waals surface area contributed by atoms with Crippen LogP contribution >= 0.6 is 23.8 Å². The van der Waals surface area contributed by atoms with Gasteiger partial charge in [-0.1, -0.05) is 47.5 Å². The average Bonchev–Trinajstić information content (AvgIpc) is 2.61. The molecule has 0 unspecified atom stereocenters. The first-order valence-corrected chi connectivity index (χ1v) is 9.40. The Bertz CT molecular complexity index is 737. The fourth-order valence-electron chi connectivity index (χ4n) is 2.93. The van der Waals surface area contributed by atoms with Gasteiger partial charge in [-0.3, -0.25) is 4.90 Å². The average molecular weight is 374 g/mol. The van der Waals surface area contributed by atoms with Crippen molar-refractivity contribution in [2.45, 2.75) is 20.4 Å². The Morgan fingerprint density at radius 3 is 2.36 bits per heavy atom. The van der Waals surface area contributed by atoms with Crippen LogP contribution in [0.2, 0.25) is 5.02 Å². The highest BCUT2D eigenvalue weighted by Crippen LogP contribution is 2.20. The third-order valence-corrected chi connectivity index (χ3v) is 5.38. The zero-order valence-corrected chi connectivity index (χ0v) is 16.3. The minimum Gasteiger partial charge on any atom is -0.346 e. The van der Waals surface area contributed by atoms with E-state index < -0.39 is 0 Å². The smallest absolute Gasteiger partial charge is 0.173 e. The van der Waals surface area contributed by atoms with E-state index in [9.17, 15) is 0 Å². The molecule has 0 atom stereocenters. The van der Waals surface area contributed by atoms with Crippen molar-refractivity contribution in [1.29, 1.82) is 0 Å². The maximum Gasteiger partial charge on any atom is 0.173 e. The quantitative estimate of drug-likeness (QED) is 0.799. The summed E-state index contributed by atoms with van der Waals surface area (Å²) in [7, 11) is 0. The van der Waals surface area contributed by atoms with Crippen LogP contribution in [0, 0.1) is 13.8 Å². The van der Waals surface area contributed by atoms with Gasteiger partial charge in [0, 0.05) is 43.4 Å². The van der Waals surface area contributed by atoms with Crippen molar-refractivity contribution >= 4 is 34.6 Å². The van der Waals surface area contributed by atoms with Gasteiger partial charge in [-0.25, -0.2) is 0 Å². The number of hydrogen-bond acceptors (Lipinski definition) is 2. The number of nitrogens with one attached hydrogen (secondary N) is 1. The van der Waals surface area contributed by atoms with E-state index >= 15 is 0 Å². The monoisotopic (exact) mass is 373 g/mol. The van der Waals surface area contributed by atoms with Gasteiger partial charge in [0.15, 0.2) is 5.11 Å². The van der Waals surface area contributed by atoms with E-state index in [1.54, 1.807) is 0 Å². The fourth-order valence-corrected chi connectivity index (χ4v) is 3.41. The van der Waals surface area contributed by atoms with Gasteiger partial charge < -0.3 is 10.2 Å². The molecule has 0 amide bonds. The Morgan fingerprint density at radius 2 is 1.72 bits per heavy atom. The molecule has 25 heavy (non-hydrogen) atoms. The Hall–Kier alpha value is -1.62. The van der Waals surface area contributed by atoms with Crippen molar-refractivity contribution in [3.05, 3.63) is 64.2 Å². The summed E-state index contributed by atoms with van der Waals surface area (Å²) >= 11 is 11.8. The molecule has 1 aliphatic heterocycles. The number of halogens is 1. The first-order chi connectivity index (χ1) is 12.0. The number of benzene rings is 2. The highest BCUT2D eigenvalue weighted by molar-refractivity contribution is 7.80. The topological polar surface area (TPSA) is 18.5 Å². The van der Waals surface area contributed by atoms with E-state index in [-0.39, 0.29) is 0 Å².